The molecule has 2 aliphatic rings. The van der Waals surface area contributed by atoms with Gasteiger partial charge in [-0.3, -0.25) is 0 Å². The Balaban J connectivity index is 1.99. The van der Waals surface area contributed by atoms with E-state index < -0.39 is 0 Å². The molecule has 1 aromatic heterocycles. The van der Waals surface area contributed by atoms with Crippen molar-refractivity contribution in [2.75, 3.05) is 0 Å². The molecule has 2 aliphatic carbocycles. The number of thioether (sulfide) groups is 1. The largest absolute Gasteiger partial charge is 0.398 e. The second-order valence-electron chi connectivity index (χ2n) is 7.27. The maximum absolute atomic E-state index is 6.39. The van der Waals surface area contributed by atoms with Gasteiger partial charge in [-0.1, -0.05) is 32.9 Å². The zero-order valence-electron chi connectivity index (χ0n) is 15.4. The maximum atomic E-state index is 6.39. The number of rotatable bonds is 2. The number of hydrogen-bond donors (Lipinski definition) is 1. The highest BCUT2D eigenvalue weighted by Gasteiger charge is 2.36. The van der Waals surface area contributed by atoms with Crippen LogP contribution in [0, 0.1) is 12.8 Å². The molecular weight excluding hydrogens is 344 g/mol. The zero-order valence-corrected chi connectivity index (χ0v) is 17.0. The fraction of sp³-hybridized carbons (Fsp3) is 0.381. The van der Waals surface area contributed by atoms with Crippen LogP contribution in [0.1, 0.15) is 49.7 Å². The monoisotopic (exact) mass is 368 g/mol. The Labute approximate surface area is 157 Å². The van der Waals surface area contributed by atoms with E-state index in [-0.39, 0.29) is 0 Å². The Kier molecular flexibility index (Phi) is 4.08. The van der Waals surface area contributed by atoms with Crippen LogP contribution in [0.4, 0.5) is 0 Å². The van der Waals surface area contributed by atoms with Gasteiger partial charge in [0.25, 0.3) is 0 Å². The van der Waals surface area contributed by atoms with Gasteiger partial charge in [0.1, 0.15) is 0 Å². The van der Waals surface area contributed by atoms with E-state index in [4.69, 9.17) is 10.7 Å². The average molecular weight is 369 g/mol. The maximum Gasteiger partial charge on any atom is 0.0907 e. The molecular formula is C21H24N2S2. The van der Waals surface area contributed by atoms with Crippen LogP contribution in [0.15, 0.2) is 40.5 Å². The number of aromatic nitrogens is 1. The van der Waals surface area contributed by atoms with Crippen molar-refractivity contribution in [3.8, 4) is 0 Å². The van der Waals surface area contributed by atoms with Crippen molar-refractivity contribution < 1.29 is 0 Å². The minimum absolute atomic E-state index is 0.397. The van der Waals surface area contributed by atoms with Gasteiger partial charge in [0.2, 0.25) is 0 Å². The third-order valence-electron chi connectivity index (χ3n) is 5.18. The summed E-state index contributed by atoms with van der Waals surface area (Å²) in [4.78, 5) is 5.98. The Morgan fingerprint density at radius 1 is 1.24 bits per heavy atom. The third kappa shape index (κ3) is 2.58. The predicted molar refractivity (Wildman–Crippen MR) is 112 cm³/mol. The van der Waals surface area contributed by atoms with Crippen molar-refractivity contribution >= 4 is 38.9 Å². The summed E-state index contributed by atoms with van der Waals surface area (Å²) in [5.41, 5.74) is 14.1. The lowest BCUT2D eigenvalue weighted by atomic mass is 9.70. The first-order valence-electron chi connectivity index (χ1n) is 8.84. The van der Waals surface area contributed by atoms with Crippen molar-refractivity contribution in [3.63, 3.8) is 0 Å². The molecule has 4 heteroatoms. The molecule has 1 heterocycles. The molecule has 2 unspecified atom stereocenters. The van der Waals surface area contributed by atoms with E-state index in [9.17, 15) is 0 Å². The lowest BCUT2D eigenvalue weighted by Gasteiger charge is -2.37. The predicted octanol–water partition coefficient (Wildman–Crippen LogP) is 5.99. The first-order chi connectivity index (χ1) is 11.9. The zero-order chi connectivity index (χ0) is 17.9. The van der Waals surface area contributed by atoms with Crippen LogP contribution in [0.2, 0.25) is 0 Å². The fourth-order valence-electron chi connectivity index (χ4n) is 4.12. The molecule has 0 fully saturated rings. The van der Waals surface area contributed by atoms with Gasteiger partial charge in [0.15, 0.2) is 0 Å². The molecule has 0 radical (unpaired) electrons. The van der Waals surface area contributed by atoms with Crippen molar-refractivity contribution in [2.24, 2.45) is 11.7 Å². The normalized spacial score (nSPS) is 22.8. The second-order valence-corrected chi connectivity index (χ2v) is 10.1. The number of hydrogen-bond acceptors (Lipinski definition) is 4. The summed E-state index contributed by atoms with van der Waals surface area (Å²) in [5.74, 6) is 0.832. The van der Waals surface area contributed by atoms with Crippen LogP contribution in [-0.2, 0) is 0 Å². The number of nitrogens with zero attached hydrogens (tertiary/aromatic N) is 1. The first kappa shape index (κ1) is 16.9. The van der Waals surface area contributed by atoms with E-state index in [0.29, 0.717) is 17.1 Å². The Bertz CT molecular complexity index is 960. The SMILES string of the molecule is CC1=C2C(SC(C)C)=C(N)C=CC2C(C)c2c1ccc1nc(C)sc21. The minimum Gasteiger partial charge on any atom is -0.398 e. The Morgan fingerprint density at radius 3 is 2.72 bits per heavy atom. The van der Waals surface area contributed by atoms with E-state index >= 15 is 0 Å². The summed E-state index contributed by atoms with van der Waals surface area (Å²) in [6, 6.07) is 4.44. The number of benzene rings is 1. The number of nitrogens with two attached hydrogens (primary N) is 1. The molecule has 0 spiro atoms. The van der Waals surface area contributed by atoms with E-state index in [1.807, 2.05) is 23.1 Å². The van der Waals surface area contributed by atoms with Gasteiger partial charge in [-0.05, 0) is 54.2 Å². The van der Waals surface area contributed by atoms with E-state index in [0.717, 1.165) is 16.2 Å². The topological polar surface area (TPSA) is 38.9 Å². The molecule has 2 aromatic rings. The molecule has 130 valence electrons. The lowest BCUT2D eigenvalue weighted by molar-refractivity contribution is 0.614. The number of aryl methyl sites for hydroxylation is 1. The third-order valence-corrected chi connectivity index (χ3v) is 7.36. The van der Waals surface area contributed by atoms with Crippen LogP contribution < -0.4 is 5.73 Å². The van der Waals surface area contributed by atoms with Gasteiger partial charge in [0, 0.05) is 21.8 Å². The highest BCUT2D eigenvalue weighted by molar-refractivity contribution is 8.03. The molecule has 1 aromatic carbocycles. The number of fused-ring (bicyclic) bond motifs is 4. The van der Waals surface area contributed by atoms with Gasteiger partial charge in [-0.2, -0.15) is 0 Å². The fourth-order valence-corrected chi connectivity index (χ4v) is 6.27. The van der Waals surface area contributed by atoms with Gasteiger partial charge < -0.3 is 5.73 Å². The van der Waals surface area contributed by atoms with Crippen LogP contribution in [0.3, 0.4) is 0 Å². The van der Waals surface area contributed by atoms with Gasteiger partial charge >= 0.3 is 0 Å². The number of thiazole rings is 1. The highest BCUT2D eigenvalue weighted by atomic mass is 32.2. The summed E-state index contributed by atoms with van der Waals surface area (Å²) in [6.07, 6.45) is 4.42. The van der Waals surface area contributed by atoms with Crippen molar-refractivity contribution in [1.82, 2.24) is 4.98 Å². The quantitative estimate of drug-likeness (QED) is 0.707. The summed E-state index contributed by atoms with van der Waals surface area (Å²) >= 11 is 3.72. The summed E-state index contributed by atoms with van der Waals surface area (Å²) in [5, 5.41) is 1.66. The summed E-state index contributed by atoms with van der Waals surface area (Å²) < 4.78 is 1.36. The molecule has 0 aliphatic heterocycles. The molecule has 0 amide bonds. The second kappa shape index (κ2) is 6.03. The van der Waals surface area contributed by atoms with E-state index in [1.165, 1.54) is 31.9 Å². The molecule has 0 saturated carbocycles. The average Bonchev–Trinajstić information content (AvgIpc) is 2.93. The van der Waals surface area contributed by atoms with Gasteiger partial charge in [0.05, 0.1) is 15.2 Å². The molecule has 2 N–H and O–H groups in total. The van der Waals surface area contributed by atoms with Crippen molar-refractivity contribution in [3.05, 3.63) is 56.6 Å². The van der Waals surface area contributed by atoms with Crippen molar-refractivity contribution in [1.29, 1.82) is 0 Å². The molecule has 4 rings (SSSR count). The van der Waals surface area contributed by atoms with Gasteiger partial charge in [-0.15, -0.1) is 23.1 Å². The van der Waals surface area contributed by atoms with Crippen LogP contribution in [0.5, 0.6) is 0 Å². The molecule has 0 saturated heterocycles. The molecule has 2 atom stereocenters. The molecule has 25 heavy (non-hydrogen) atoms. The summed E-state index contributed by atoms with van der Waals surface area (Å²) in [7, 11) is 0. The van der Waals surface area contributed by atoms with E-state index in [2.05, 4.69) is 58.9 Å². The smallest absolute Gasteiger partial charge is 0.0907 e. The van der Waals surface area contributed by atoms with Gasteiger partial charge in [-0.25, -0.2) is 4.98 Å². The standard InChI is InChI=1S/C21H24N2S2/c1-10(2)24-20-16(22)8-6-14-12(4)19-15(11(3)18(14)20)7-9-17-21(19)25-13(5)23-17/h6-10,12,14H,22H2,1-5H3. The van der Waals surface area contributed by atoms with Crippen molar-refractivity contribution in [2.45, 2.75) is 45.8 Å². The van der Waals surface area contributed by atoms with Crippen LogP contribution in [0.25, 0.3) is 15.8 Å². The van der Waals surface area contributed by atoms with E-state index in [1.54, 1.807) is 0 Å². The Morgan fingerprint density at radius 2 is 2.00 bits per heavy atom. The summed E-state index contributed by atoms with van der Waals surface area (Å²) in [6.45, 7) is 11.2. The Hall–Kier alpha value is -1.52. The minimum atomic E-state index is 0.397. The van der Waals surface area contributed by atoms with Crippen LogP contribution >= 0.6 is 23.1 Å². The first-order valence-corrected chi connectivity index (χ1v) is 10.5. The molecule has 2 nitrogen and oxygen atoms in total. The van der Waals surface area contributed by atoms with Crippen LogP contribution in [-0.4, -0.2) is 10.2 Å². The molecule has 0 bridgehead atoms. The lowest BCUT2D eigenvalue weighted by Crippen LogP contribution is -2.23. The highest BCUT2D eigenvalue weighted by Crippen LogP contribution is 2.52. The number of allylic oxidation sites excluding steroid dienone is 4.